The number of aromatic nitrogens is 4. The molecule has 0 spiro atoms. The van der Waals surface area contributed by atoms with Crippen LogP contribution in [-0.4, -0.2) is 19.9 Å². The number of hydrogen-bond acceptors (Lipinski definition) is 6. The van der Waals surface area contributed by atoms with E-state index < -0.39 is 0 Å². The summed E-state index contributed by atoms with van der Waals surface area (Å²) >= 11 is 3.21. The lowest BCUT2D eigenvalue weighted by Crippen LogP contribution is -1.90. The van der Waals surface area contributed by atoms with Gasteiger partial charge in [0.1, 0.15) is 0 Å². The minimum absolute atomic E-state index is 0.952. The first-order chi connectivity index (χ1) is 18.8. The Bertz CT molecular complexity index is 1890. The molecule has 0 N–H and O–H groups in total. The summed E-state index contributed by atoms with van der Waals surface area (Å²) in [6.07, 6.45) is 7.68. The van der Waals surface area contributed by atoms with Crippen molar-refractivity contribution in [1.29, 1.82) is 0 Å². The minimum Gasteiger partial charge on any atom is -0.255 e. The van der Waals surface area contributed by atoms with Gasteiger partial charge in [-0.3, -0.25) is 19.9 Å². The predicted molar refractivity (Wildman–Crippen MR) is 159 cm³/mol. The van der Waals surface area contributed by atoms with Crippen molar-refractivity contribution >= 4 is 55.0 Å². The van der Waals surface area contributed by atoms with Crippen molar-refractivity contribution in [3.8, 4) is 43.4 Å². The molecule has 0 bridgehead atoms. The first kappa shape index (κ1) is 21.6. The molecule has 0 unspecified atom stereocenters. The highest BCUT2D eigenvalue weighted by Crippen LogP contribution is 2.42. The lowest BCUT2D eigenvalue weighted by atomic mass is 9.87. The lowest BCUT2D eigenvalue weighted by molar-refractivity contribution is 1.33. The Hall–Kier alpha value is -4.52. The molecule has 0 aliphatic rings. The summed E-state index contributed by atoms with van der Waals surface area (Å²) in [5.74, 6) is 0. The molecule has 4 nitrogen and oxygen atoms in total. The predicted octanol–water partition coefficient (Wildman–Crippen LogP) is 8.95. The molecule has 0 amide bonds. The van der Waals surface area contributed by atoms with Crippen molar-refractivity contribution in [2.75, 3.05) is 0 Å². The van der Waals surface area contributed by atoms with Crippen LogP contribution in [0.15, 0.2) is 109 Å². The van der Waals surface area contributed by atoms with Crippen molar-refractivity contribution < 1.29 is 0 Å². The number of benzene rings is 4. The van der Waals surface area contributed by atoms with Gasteiger partial charge in [0.2, 0.25) is 0 Å². The Morgan fingerprint density at radius 1 is 0.447 bits per heavy atom. The maximum absolute atomic E-state index is 4.75. The normalized spacial score (nSPS) is 11.7. The van der Waals surface area contributed by atoms with E-state index in [1.165, 1.54) is 43.4 Å². The van der Waals surface area contributed by atoms with E-state index in [1.807, 2.05) is 35.8 Å². The van der Waals surface area contributed by atoms with E-state index in [4.69, 9.17) is 9.97 Å². The number of hydrogen-bond donors (Lipinski definition) is 0. The zero-order chi connectivity index (χ0) is 25.1. The maximum atomic E-state index is 4.75. The highest BCUT2D eigenvalue weighted by atomic mass is 32.1. The topological polar surface area (TPSA) is 51.6 Å². The Labute approximate surface area is 226 Å². The highest BCUT2D eigenvalue weighted by molar-refractivity contribution is 7.13. The van der Waals surface area contributed by atoms with Crippen LogP contribution in [0.2, 0.25) is 0 Å². The van der Waals surface area contributed by atoms with Crippen molar-refractivity contribution in [2.24, 2.45) is 0 Å². The fourth-order valence-corrected chi connectivity index (χ4v) is 6.58. The number of rotatable bonds is 4. The zero-order valence-corrected chi connectivity index (χ0v) is 21.6. The third-order valence-electron chi connectivity index (χ3n) is 7.18. The van der Waals surface area contributed by atoms with Gasteiger partial charge in [-0.05, 0) is 55.6 Å². The van der Waals surface area contributed by atoms with Crippen LogP contribution in [0, 0.1) is 0 Å². The third kappa shape index (κ3) is 3.35. The second-order valence-electron chi connectivity index (χ2n) is 9.24. The van der Waals surface area contributed by atoms with Gasteiger partial charge in [0, 0.05) is 35.9 Å². The molecule has 0 atom stereocenters. The summed E-state index contributed by atoms with van der Waals surface area (Å²) in [5.41, 5.74) is 10.2. The van der Waals surface area contributed by atoms with Crippen LogP contribution in [0.4, 0.5) is 0 Å². The molecule has 4 heterocycles. The second-order valence-corrected chi connectivity index (χ2v) is 11.0. The number of nitrogens with zero attached hydrogens (tertiary/aromatic N) is 4. The Kier molecular flexibility index (Phi) is 4.83. The number of thiazole rings is 2. The van der Waals surface area contributed by atoms with Gasteiger partial charge in [0.15, 0.2) is 0 Å². The standard InChI is InChI=1S/C32H18N4S2/c1-7-23(21-5-11-27(35-13-21)29-15-33-17-37-29)25-10-4-20-2-8-24(26-9-3-19(1)31(25)32(20)26)22-6-12-28(36-14-22)30-16-34-18-38-30/h1-18H. The summed E-state index contributed by atoms with van der Waals surface area (Å²) < 4.78 is 0. The van der Waals surface area contributed by atoms with Crippen molar-refractivity contribution in [3.05, 3.63) is 109 Å². The molecule has 0 fully saturated rings. The van der Waals surface area contributed by atoms with E-state index in [1.54, 1.807) is 22.7 Å². The quantitative estimate of drug-likeness (QED) is 0.217. The monoisotopic (exact) mass is 522 g/mol. The largest absolute Gasteiger partial charge is 0.255 e. The molecule has 0 saturated heterocycles. The Morgan fingerprint density at radius 3 is 1.32 bits per heavy atom. The van der Waals surface area contributed by atoms with Gasteiger partial charge in [-0.1, -0.05) is 60.7 Å². The first-order valence-corrected chi connectivity index (χ1v) is 14.0. The Morgan fingerprint density at radius 2 is 0.921 bits per heavy atom. The van der Waals surface area contributed by atoms with Crippen LogP contribution in [-0.2, 0) is 0 Å². The summed E-state index contributed by atoms with van der Waals surface area (Å²) in [5, 5.41) is 7.55. The van der Waals surface area contributed by atoms with Crippen LogP contribution in [0.25, 0.3) is 75.7 Å². The molecule has 178 valence electrons. The van der Waals surface area contributed by atoms with E-state index >= 15 is 0 Å². The molecule has 38 heavy (non-hydrogen) atoms. The molecule has 6 heteroatoms. The summed E-state index contributed by atoms with van der Waals surface area (Å²) in [6.45, 7) is 0. The Balaban J connectivity index is 1.29. The van der Waals surface area contributed by atoms with Crippen molar-refractivity contribution in [1.82, 2.24) is 19.9 Å². The molecule has 0 aliphatic heterocycles. The molecular weight excluding hydrogens is 505 g/mol. The van der Waals surface area contributed by atoms with E-state index in [-0.39, 0.29) is 0 Å². The SMILES string of the molecule is c1ncc(-c2ccc(-c3ccc4ccc5c(-c6ccc(-c7cncs7)nc6)ccc6ccc3c4c65)cn2)s1. The molecule has 0 saturated carbocycles. The molecule has 0 radical (unpaired) electrons. The molecule has 4 aromatic heterocycles. The van der Waals surface area contributed by atoms with E-state index in [2.05, 4.69) is 82.8 Å². The van der Waals surface area contributed by atoms with E-state index in [0.29, 0.717) is 0 Å². The van der Waals surface area contributed by atoms with Crippen LogP contribution in [0.3, 0.4) is 0 Å². The smallest absolute Gasteiger partial charge is 0.0818 e. The van der Waals surface area contributed by atoms with Crippen molar-refractivity contribution in [2.45, 2.75) is 0 Å². The average molecular weight is 523 g/mol. The summed E-state index contributed by atoms with van der Waals surface area (Å²) in [4.78, 5) is 20.0. The maximum Gasteiger partial charge on any atom is 0.0818 e. The molecule has 8 rings (SSSR count). The van der Waals surface area contributed by atoms with Gasteiger partial charge >= 0.3 is 0 Å². The molecule has 8 aromatic rings. The first-order valence-electron chi connectivity index (χ1n) is 12.2. The average Bonchev–Trinajstić information content (AvgIpc) is 3.72. The lowest BCUT2D eigenvalue weighted by Gasteiger charge is -2.16. The molecular formula is C32H18N4S2. The van der Waals surface area contributed by atoms with Crippen LogP contribution >= 0.6 is 22.7 Å². The highest BCUT2D eigenvalue weighted by Gasteiger charge is 2.15. The fourth-order valence-electron chi connectivity index (χ4n) is 5.39. The van der Waals surface area contributed by atoms with Gasteiger partial charge in [-0.2, -0.15) is 0 Å². The van der Waals surface area contributed by atoms with Gasteiger partial charge in [-0.25, -0.2) is 0 Å². The zero-order valence-electron chi connectivity index (χ0n) is 20.0. The minimum atomic E-state index is 0.952. The van der Waals surface area contributed by atoms with E-state index in [0.717, 1.165) is 32.3 Å². The van der Waals surface area contributed by atoms with Gasteiger partial charge in [0.05, 0.1) is 32.2 Å². The molecule has 0 aliphatic carbocycles. The van der Waals surface area contributed by atoms with Gasteiger partial charge < -0.3 is 0 Å². The third-order valence-corrected chi connectivity index (χ3v) is 8.77. The van der Waals surface area contributed by atoms with Gasteiger partial charge in [0.25, 0.3) is 0 Å². The van der Waals surface area contributed by atoms with E-state index in [9.17, 15) is 0 Å². The fraction of sp³-hybridized carbons (Fsp3) is 0. The van der Waals surface area contributed by atoms with Crippen molar-refractivity contribution in [3.63, 3.8) is 0 Å². The summed E-state index contributed by atoms with van der Waals surface area (Å²) in [6, 6.07) is 26.4. The summed E-state index contributed by atoms with van der Waals surface area (Å²) in [7, 11) is 0. The second kappa shape index (κ2) is 8.52. The van der Waals surface area contributed by atoms with Crippen LogP contribution in [0.5, 0.6) is 0 Å². The van der Waals surface area contributed by atoms with Crippen LogP contribution in [0.1, 0.15) is 0 Å². The van der Waals surface area contributed by atoms with Crippen LogP contribution < -0.4 is 0 Å². The molecule has 4 aromatic carbocycles. The van der Waals surface area contributed by atoms with Gasteiger partial charge in [-0.15, -0.1) is 22.7 Å². The number of pyridine rings is 2.